The average Bonchev–Trinajstić information content (AvgIpc) is 2.24. The van der Waals surface area contributed by atoms with E-state index in [-0.39, 0.29) is 0 Å². The molecule has 0 spiro atoms. The van der Waals surface area contributed by atoms with E-state index in [1.54, 1.807) is 0 Å². The Hall–Kier alpha value is -0.0800. The Labute approximate surface area is 108 Å². The fourth-order valence-electron chi connectivity index (χ4n) is 2.60. The standard InChI is InChI=1S/C15H32N2/c1-13(2)16-11-14(3)17-12-15-9-7-5-4-6-8-10-15/h13-17H,4-12H2,1-3H3. The summed E-state index contributed by atoms with van der Waals surface area (Å²) in [5, 5.41) is 7.19. The van der Waals surface area contributed by atoms with Crippen molar-refractivity contribution in [2.75, 3.05) is 13.1 Å². The molecule has 0 aromatic carbocycles. The molecule has 0 heterocycles. The Balaban J connectivity index is 2.10. The molecular weight excluding hydrogens is 208 g/mol. The van der Waals surface area contributed by atoms with Gasteiger partial charge in [0.05, 0.1) is 0 Å². The van der Waals surface area contributed by atoms with Gasteiger partial charge in [-0.3, -0.25) is 0 Å². The van der Waals surface area contributed by atoms with Crippen molar-refractivity contribution in [2.45, 2.75) is 77.8 Å². The molecule has 17 heavy (non-hydrogen) atoms. The van der Waals surface area contributed by atoms with Gasteiger partial charge in [0, 0.05) is 18.6 Å². The summed E-state index contributed by atoms with van der Waals surface area (Å²) in [4.78, 5) is 0. The second-order valence-corrected chi connectivity index (χ2v) is 6.08. The van der Waals surface area contributed by atoms with Crippen LogP contribution < -0.4 is 10.6 Å². The largest absolute Gasteiger partial charge is 0.313 e. The lowest BCUT2D eigenvalue weighted by atomic mass is 9.91. The maximum atomic E-state index is 3.69. The number of rotatable bonds is 6. The van der Waals surface area contributed by atoms with E-state index in [0.717, 1.165) is 12.5 Å². The molecule has 2 N–H and O–H groups in total. The van der Waals surface area contributed by atoms with E-state index in [9.17, 15) is 0 Å². The van der Waals surface area contributed by atoms with Crippen LogP contribution in [0.5, 0.6) is 0 Å². The Morgan fingerprint density at radius 3 is 2.06 bits per heavy atom. The van der Waals surface area contributed by atoms with Crippen LogP contribution in [0, 0.1) is 5.92 Å². The molecule has 1 fully saturated rings. The number of hydrogen-bond donors (Lipinski definition) is 2. The van der Waals surface area contributed by atoms with Crippen molar-refractivity contribution >= 4 is 0 Å². The molecule has 0 amide bonds. The summed E-state index contributed by atoms with van der Waals surface area (Å²) in [6, 6.07) is 1.20. The minimum atomic E-state index is 0.598. The van der Waals surface area contributed by atoms with Crippen molar-refractivity contribution < 1.29 is 0 Å². The Kier molecular flexibility index (Phi) is 7.87. The normalized spacial score (nSPS) is 21.2. The highest BCUT2D eigenvalue weighted by molar-refractivity contribution is 4.71. The fraction of sp³-hybridized carbons (Fsp3) is 1.00. The zero-order valence-corrected chi connectivity index (χ0v) is 12.1. The molecule has 2 nitrogen and oxygen atoms in total. The zero-order chi connectivity index (χ0) is 12.5. The summed E-state index contributed by atoms with van der Waals surface area (Å²) in [6.45, 7) is 9.02. The van der Waals surface area contributed by atoms with Crippen LogP contribution in [-0.2, 0) is 0 Å². The van der Waals surface area contributed by atoms with Crippen LogP contribution in [0.3, 0.4) is 0 Å². The summed E-state index contributed by atoms with van der Waals surface area (Å²) in [5.74, 6) is 0.928. The van der Waals surface area contributed by atoms with Gasteiger partial charge in [-0.25, -0.2) is 0 Å². The number of hydrogen-bond acceptors (Lipinski definition) is 2. The number of nitrogens with one attached hydrogen (secondary N) is 2. The van der Waals surface area contributed by atoms with Crippen LogP contribution in [0.4, 0.5) is 0 Å². The molecule has 0 aromatic rings. The SMILES string of the molecule is CC(C)NCC(C)NCC1CCCCCCC1. The summed E-state index contributed by atoms with van der Waals surface area (Å²) in [6.07, 6.45) is 10.2. The summed E-state index contributed by atoms with van der Waals surface area (Å²) in [5.41, 5.74) is 0. The molecule has 1 saturated carbocycles. The first-order valence-electron chi connectivity index (χ1n) is 7.65. The van der Waals surface area contributed by atoms with E-state index < -0.39 is 0 Å². The Morgan fingerprint density at radius 2 is 1.47 bits per heavy atom. The molecule has 1 rings (SSSR count). The fourth-order valence-corrected chi connectivity index (χ4v) is 2.60. The Morgan fingerprint density at radius 1 is 0.882 bits per heavy atom. The van der Waals surface area contributed by atoms with E-state index >= 15 is 0 Å². The average molecular weight is 240 g/mol. The van der Waals surface area contributed by atoms with Crippen LogP contribution in [0.25, 0.3) is 0 Å². The molecule has 0 aliphatic heterocycles. The van der Waals surface area contributed by atoms with E-state index in [1.165, 1.54) is 51.5 Å². The zero-order valence-electron chi connectivity index (χ0n) is 12.1. The van der Waals surface area contributed by atoms with Gasteiger partial charge >= 0.3 is 0 Å². The second-order valence-electron chi connectivity index (χ2n) is 6.08. The third-order valence-electron chi connectivity index (χ3n) is 3.81. The van der Waals surface area contributed by atoms with Crippen LogP contribution in [0.1, 0.15) is 65.7 Å². The van der Waals surface area contributed by atoms with Gasteiger partial charge in [-0.15, -0.1) is 0 Å². The van der Waals surface area contributed by atoms with E-state index in [4.69, 9.17) is 0 Å². The molecule has 1 atom stereocenters. The van der Waals surface area contributed by atoms with Crippen LogP contribution in [-0.4, -0.2) is 25.2 Å². The molecular formula is C15H32N2. The van der Waals surface area contributed by atoms with Crippen LogP contribution in [0.15, 0.2) is 0 Å². The van der Waals surface area contributed by atoms with Gasteiger partial charge in [0.25, 0.3) is 0 Å². The monoisotopic (exact) mass is 240 g/mol. The van der Waals surface area contributed by atoms with Gasteiger partial charge < -0.3 is 10.6 Å². The first-order chi connectivity index (χ1) is 8.18. The third kappa shape index (κ3) is 7.77. The molecule has 0 radical (unpaired) electrons. The molecule has 0 aromatic heterocycles. The molecule has 0 saturated heterocycles. The highest BCUT2D eigenvalue weighted by Gasteiger charge is 2.12. The van der Waals surface area contributed by atoms with Gasteiger partial charge in [-0.05, 0) is 32.2 Å². The summed E-state index contributed by atoms with van der Waals surface area (Å²) < 4.78 is 0. The lowest BCUT2D eigenvalue weighted by Gasteiger charge is -2.23. The molecule has 0 bridgehead atoms. The van der Waals surface area contributed by atoms with Gasteiger partial charge in [0.1, 0.15) is 0 Å². The smallest absolute Gasteiger partial charge is 0.0164 e. The van der Waals surface area contributed by atoms with Crippen molar-refractivity contribution in [3.8, 4) is 0 Å². The predicted octanol–water partition coefficient (Wildman–Crippen LogP) is 3.32. The first-order valence-corrected chi connectivity index (χ1v) is 7.65. The summed E-state index contributed by atoms with van der Waals surface area (Å²) >= 11 is 0. The highest BCUT2D eigenvalue weighted by atomic mass is 15.0. The molecule has 102 valence electrons. The van der Waals surface area contributed by atoms with E-state index in [1.807, 2.05) is 0 Å². The topological polar surface area (TPSA) is 24.1 Å². The van der Waals surface area contributed by atoms with Crippen molar-refractivity contribution in [1.82, 2.24) is 10.6 Å². The van der Waals surface area contributed by atoms with E-state index in [2.05, 4.69) is 31.4 Å². The maximum Gasteiger partial charge on any atom is 0.0164 e. The lowest BCUT2D eigenvalue weighted by Crippen LogP contribution is -2.40. The minimum absolute atomic E-state index is 0.598. The van der Waals surface area contributed by atoms with Crippen LogP contribution in [0.2, 0.25) is 0 Å². The quantitative estimate of drug-likeness (QED) is 0.744. The Bertz CT molecular complexity index is 172. The van der Waals surface area contributed by atoms with Crippen molar-refractivity contribution in [3.63, 3.8) is 0 Å². The van der Waals surface area contributed by atoms with Gasteiger partial charge in [0.15, 0.2) is 0 Å². The molecule has 1 aliphatic rings. The molecule has 1 aliphatic carbocycles. The predicted molar refractivity (Wildman–Crippen MR) is 76.4 cm³/mol. The second kappa shape index (κ2) is 8.93. The molecule has 2 heteroatoms. The van der Waals surface area contributed by atoms with Crippen molar-refractivity contribution in [3.05, 3.63) is 0 Å². The van der Waals surface area contributed by atoms with E-state index in [0.29, 0.717) is 12.1 Å². The first kappa shape index (κ1) is 15.0. The van der Waals surface area contributed by atoms with Crippen molar-refractivity contribution in [1.29, 1.82) is 0 Å². The third-order valence-corrected chi connectivity index (χ3v) is 3.81. The van der Waals surface area contributed by atoms with Gasteiger partial charge in [0.2, 0.25) is 0 Å². The highest BCUT2D eigenvalue weighted by Crippen LogP contribution is 2.21. The van der Waals surface area contributed by atoms with Gasteiger partial charge in [-0.1, -0.05) is 46.0 Å². The van der Waals surface area contributed by atoms with Crippen LogP contribution >= 0.6 is 0 Å². The molecule has 1 unspecified atom stereocenters. The minimum Gasteiger partial charge on any atom is -0.313 e. The van der Waals surface area contributed by atoms with Crippen molar-refractivity contribution in [2.24, 2.45) is 5.92 Å². The van der Waals surface area contributed by atoms with Gasteiger partial charge in [-0.2, -0.15) is 0 Å². The summed E-state index contributed by atoms with van der Waals surface area (Å²) in [7, 11) is 0. The lowest BCUT2D eigenvalue weighted by molar-refractivity contribution is 0.343. The maximum absolute atomic E-state index is 3.69.